The maximum atomic E-state index is 12.7. The molecule has 0 unspecified atom stereocenters. The van der Waals surface area contributed by atoms with Gasteiger partial charge < -0.3 is 5.32 Å². The van der Waals surface area contributed by atoms with Crippen LogP contribution >= 0.6 is 11.6 Å². The Morgan fingerprint density at radius 3 is 2.74 bits per heavy atom. The molecule has 2 atom stereocenters. The Hall–Kier alpha value is -1.10. The zero-order valence-corrected chi connectivity index (χ0v) is 17.2. The van der Waals surface area contributed by atoms with Gasteiger partial charge in [-0.05, 0) is 55.7 Å². The molecule has 4 nitrogen and oxygen atoms in total. The molecule has 0 bridgehead atoms. The summed E-state index contributed by atoms with van der Waals surface area (Å²) in [5.74, 6) is 0.821. The van der Waals surface area contributed by atoms with E-state index in [9.17, 15) is 4.79 Å². The molecular formula is C22H32ClN3O. The third-order valence-electron chi connectivity index (χ3n) is 7.05. The van der Waals surface area contributed by atoms with Gasteiger partial charge >= 0.3 is 0 Å². The van der Waals surface area contributed by atoms with E-state index < -0.39 is 0 Å². The van der Waals surface area contributed by atoms with Crippen LogP contribution in [0.15, 0.2) is 24.3 Å². The molecule has 5 heteroatoms. The van der Waals surface area contributed by atoms with Gasteiger partial charge in [0.2, 0.25) is 5.91 Å². The van der Waals surface area contributed by atoms with Crippen LogP contribution in [0.2, 0.25) is 5.02 Å². The summed E-state index contributed by atoms with van der Waals surface area (Å²) in [6.07, 6.45) is 8.13. The van der Waals surface area contributed by atoms with Gasteiger partial charge in [0.05, 0.1) is 6.67 Å². The minimum atomic E-state index is -0.257. The summed E-state index contributed by atoms with van der Waals surface area (Å²) in [5, 5.41) is 3.94. The van der Waals surface area contributed by atoms with Gasteiger partial charge in [0.15, 0.2) is 0 Å². The molecule has 2 aliphatic heterocycles. The number of rotatable bonds is 4. The van der Waals surface area contributed by atoms with E-state index in [-0.39, 0.29) is 11.4 Å². The van der Waals surface area contributed by atoms with Crippen LogP contribution in [-0.2, 0) is 4.79 Å². The number of nitrogens with one attached hydrogen (secondary N) is 1. The van der Waals surface area contributed by atoms with Gasteiger partial charge in [-0.25, -0.2) is 0 Å². The fourth-order valence-corrected chi connectivity index (χ4v) is 5.83. The Morgan fingerprint density at radius 2 is 2.00 bits per heavy atom. The van der Waals surface area contributed by atoms with Crippen LogP contribution in [0.25, 0.3) is 0 Å². The molecule has 2 saturated heterocycles. The van der Waals surface area contributed by atoms with E-state index in [1.807, 2.05) is 6.07 Å². The number of hydrogen-bond donors (Lipinski definition) is 1. The summed E-state index contributed by atoms with van der Waals surface area (Å²) in [7, 11) is 0. The van der Waals surface area contributed by atoms with Gasteiger partial charge in [0.25, 0.3) is 0 Å². The van der Waals surface area contributed by atoms with Crippen molar-refractivity contribution >= 4 is 17.5 Å². The molecule has 1 spiro atoms. The van der Waals surface area contributed by atoms with Crippen LogP contribution in [-0.4, -0.2) is 53.6 Å². The summed E-state index contributed by atoms with van der Waals surface area (Å²) in [5.41, 5.74) is 1.13. The van der Waals surface area contributed by atoms with E-state index in [0.717, 1.165) is 50.6 Å². The quantitative estimate of drug-likeness (QED) is 0.845. The molecule has 2 heterocycles. The molecule has 1 aromatic carbocycles. The fourth-order valence-electron chi connectivity index (χ4n) is 5.63. The number of hydrogen-bond acceptors (Lipinski definition) is 3. The SMILES string of the molecule is CCCN1CNC(=O)C12CCN([C@@H]1CCCC[C@@H]1c1cccc(Cl)c1)CC2. The van der Waals surface area contributed by atoms with E-state index >= 15 is 0 Å². The van der Waals surface area contributed by atoms with E-state index in [0.29, 0.717) is 12.0 Å². The molecular weight excluding hydrogens is 358 g/mol. The van der Waals surface area contributed by atoms with Crippen LogP contribution in [0.1, 0.15) is 63.4 Å². The molecule has 1 amide bonds. The Kier molecular flexibility index (Phi) is 5.77. The molecule has 27 heavy (non-hydrogen) atoms. The van der Waals surface area contributed by atoms with Crippen molar-refractivity contribution in [3.63, 3.8) is 0 Å². The summed E-state index contributed by atoms with van der Waals surface area (Å²) in [6.45, 7) is 5.97. The highest BCUT2D eigenvalue weighted by atomic mass is 35.5. The third kappa shape index (κ3) is 3.64. The number of benzene rings is 1. The van der Waals surface area contributed by atoms with Gasteiger partial charge in [-0.3, -0.25) is 14.6 Å². The number of amides is 1. The summed E-state index contributed by atoms with van der Waals surface area (Å²) < 4.78 is 0. The van der Waals surface area contributed by atoms with Gasteiger partial charge in [-0.15, -0.1) is 0 Å². The van der Waals surface area contributed by atoms with Gasteiger partial charge in [-0.1, -0.05) is 43.5 Å². The fraction of sp³-hybridized carbons (Fsp3) is 0.682. The molecule has 0 radical (unpaired) electrons. The summed E-state index contributed by atoms with van der Waals surface area (Å²) in [6, 6.07) is 9.03. The Balaban J connectivity index is 1.48. The average Bonchev–Trinajstić information content (AvgIpc) is 2.98. The standard InChI is InChI=1S/C22H32ClN3O/c1-2-12-26-16-24-21(27)22(26)10-13-25(14-11-22)20-9-4-3-8-19(20)17-6-5-7-18(23)15-17/h5-7,15,19-20H,2-4,8-14,16H2,1H3,(H,24,27)/t19-,20-/m1/s1. The van der Waals surface area contributed by atoms with Gasteiger partial charge in [-0.2, -0.15) is 0 Å². The molecule has 1 saturated carbocycles. The number of nitrogens with zero attached hydrogens (tertiary/aromatic N) is 2. The zero-order chi connectivity index (χ0) is 18.9. The monoisotopic (exact) mass is 389 g/mol. The number of carbonyl (C=O) groups excluding carboxylic acids is 1. The van der Waals surface area contributed by atoms with Crippen molar-refractivity contribution in [2.45, 2.75) is 69.4 Å². The van der Waals surface area contributed by atoms with Crippen molar-refractivity contribution in [1.82, 2.24) is 15.1 Å². The smallest absolute Gasteiger partial charge is 0.241 e. The second-order valence-electron chi connectivity index (χ2n) is 8.51. The van der Waals surface area contributed by atoms with Gasteiger partial charge in [0, 0.05) is 30.7 Å². The first-order valence-electron chi connectivity index (χ1n) is 10.7. The predicted octanol–water partition coefficient (Wildman–Crippen LogP) is 4.00. The molecule has 148 valence electrons. The first-order valence-corrected chi connectivity index (χ1v) is 11.0. The maximum Gasteiger partial charge on any atom is 0.241 e. The summed E-state index contributed by atoms with van der Waals surface area (Å²) in [4.78, 5) is 17.7. The second-order valence-corrected chi connectivity index (χ2v) is 8.94. The average molecular weight is 390 g/mol. The van der Waals surface area contributed by atoms with Gasteiger partial charge in [0.1, 0.15) is 5.54 Å². The first-order chi connectivity index (χ1) is 13.1. The number of halogens is 1. The topological polar surface area (TPSA) is 35.6 Å². The Morgan fingerprint density at radius 1 is 1.22 bits per heavy atom. The van der Waals surface area contributed by atoms with E-state index in [1.54, 1.807) is 0 Å². The zero-order valence-electron chi connectivity index (χ0n) is 16.4. The number of piperidine rings is 1. The second kappa shape index (κ2) is 8.10. The number of carbonyl (C=O) groups is 1. The minimum Gasteiger partial charge on any atom is -0.342 e. The largest absolute Gasteiger partial charge is 0.342 e. The van der Waals surface area contributed by atoms with Crippen molar-refractivity contribution in [3.05, 3.63) is 34.9 Å². The molecule has 3 aliphatic rings. The van der Waals surface area contributed by atoms with Crippen molar-refractivity contribution in [2.75, 3.05) is 26.3 Å². The minimum absolute atomic E-state index is 0.255. The highest BCUT2D eigenvalue weighted by Crippen LogP contribution is 2.40. The van der Waals surface area contributed by atoms with E-state index in [4.69, 9.17) is 11.6 Å². The lowest BCUT2D eigenvalue weighted by Crippen LogP contribution is -2.58. The van der Waals surface area contributed by atoms with E-state index in [1.165, 1.54) is 31.2 Å². The highest BCUT2D eigenvalue weighted by molar-refractivity contribution is 6.30. The molecule has 1 aromatic rings. The molecule has 1 aliphatic carbocycles. The van der Waals surface area contributed by atoms with Crippen molar-refractivity contribution in [3.8, 4) is 0 Å². The molecule has 4 rings (SSSR count). The first kappa shape index (κ1) is 19.2. The third-order valence-corrected chi connectivity index (χ3v) is 7.29. The summed E-state index contributed by atoms with van der Waals surface area (Å²) >= 11 is 6.28. The van der Waals surface area contributed by atoms with Crippen LogP contribution < -0.4 is 5.32 Å². The highest BCUT2D eigenvalue weighted by Gasteiger charge is 2.50. The normalized spacial score (nSPS) is 29.2. The lowest BCUT2D eigenvalue weighted by Gasteiger charge is -2.47. The van der Waals surface area contributed by atoms with Crippen LogP contribution in [0, 0.1) is 0 Å². The van der Waals surface area contributed by atoms with Crippen molar-refractivity contribution in [2.24, 2.45) is 0 Å². The van der Waals surface area contributed by atoms with Crippen LogP contribution in [0.4, 0.5) is 0 Å². The van der Waals surface area contributed by atoms with Crippen LogP contribution in [0.3, 0.4) is 0 Å². The lowest BCUT2D eigenvalue weighted by atomic mass is 9.77. The maximum absolute atomic E-state index is 12.7. The molecule has 1 N–H and O–H groups in total. The lowest BCUT2D eigenvalue weighted by molar-refractivity contribution is -0.129. The number of likely N-dealkylation sites (tertiary alicyclic amines) is 1. The van der Waals surface area contributed by atoms with Crippen LogP contribution in [0.5, 0.6) is 0 Å². The molecule has 3 fully saturated rings. The molecule has 0 aromatic heterocycles. The van der Waals surface area contributed by atoms with E-state index in [2.05, 4.69) is 40.2 Å². The van der Waals surface area contributed by atoms with Crippen molar-refractivity contribution in [1.29, 1.82) is 0 Å². The van der Waals surface area contributed by atoms with Crippen molar-refractivity contribution < 1.29 is 4.79 Å². The predicted molar refractivity (Wildman–Crippen MR) is 110 cm³/mol. The Bertz CT molecular complexity index is 671. The Labute approximate surface area is 168 Å².